The number of nitrogens with one attached hydrogen (secondary N) is 1. The standard InChI is InChI=1S/C25H46N2O3/c1-3-4-5-6-7-8-9-10-11-12-13-14-15-16-21-30-22-17-18-23(2)27-20-19-24(28)26-25(27)29/h19-20,23H,3-18,21-22H2,1-2H3,(H,26,28,29). The van der Waals surface area contributed by atoms with Crippen molar-refractivity contribution in [3.05, 3.63) is 33.1 Å². The number of H-pyrrole nitrogens is 1. The topological polar surface area (TPSA) is 64.1 Å². The van der Waals surface area contributed by atoms with Gasteiger partial charge in [0.25, 0.3) is 5.56 Å². The van der Waals surface area contributed by atoms with Gasteiger partial charge in [-0.25, -0.2) is 4.79 Å². The predicted molar refractivity (Wildman–Crippen MR) is 126 cm³/mol. The molecular weight excluding hydrogens is 376 g/mol. The highest BCUT2D eigenvalue weighted by Crippen LogP contribution is 2.13. The van der Waals surface area contributed by atoms with E-state index in [-0.39, 0.29) is 17.3 Å². The Morgan fingerprint density at radius 1 is 0.800 bits per heavy atom. The summed E-state index contributed by atoms with van der Waals surface area (Å²) in [6, 6.07) is 1.46. The predicted octanol–water partition coefficient (Wildman–Crippen LogP) is 6.38. The van der Waals surface area contributed by atoms with Crippen LogP contribution in [0.15, 0.2) is 21.9 Å². The van der Waals surface area contributed by atoms with Crippen molar-refractivity contribution in [1.29, 1.82) is 0 Å². The minimum Gasteiger partial charge on any atom is -0.381 e. The van der Waals surface area contributed by atoms with Crippen LogP contribution in [0.2, 0.25) is 0 Å². The molecule has 0 amide bonds. The molecule has 0 aliphatic heterocycles. The molecule has 30 heavy (non-hydrogen) atoms. The van der Waals surface area contributed by atoms with Crippen LogP contribution in [0.5, 0.6) is 0 Å². The molecule has 5 heteroatoms. The molecule has 0 saturated heterocycles. The smallest absolute Gasteiger partial charge is 0.328 e. The SMILES string of the molecule is CCCCCCCCCCCCCCCCOCCCC(C)n1ccc(=O)[nH]c1=O. The van der Waals surface area contributed by atoms with E-state index >= 15 is 0 Å². The number of nitrogens with zero attached hydrogens (tertiary/aromatic N) is 1. The maximum atomic E-state index is 11.7. The van der Waals surface area contributed by atoms with Crippen LogP contribution in [0.25, 0.3) is 0 Å². The second-order valence-electron chi connectivity index (χ2n) is 8.72. The first-order chi connectivity index (χ1) is 14.6. The summed E-state index contributed by atoms with van der Waals surface area (Å²) in [5, 5.41) is 0. The lowest BCUT2D eigenvalue weighted by molar-refractivity contribution is 0.123. The van der Waals surface area contributed by atoms with Crippen molar-refractivity contribution in [2.45, 2.75) is 123 Å². The summed E-state index contributed by atoms with van der Waals surface area (Å²) >= 11 is 0. The fraction of sp³-hybridized carbons (Fsp3) is 0.840. The fourth-order valence-electron chi connectivity index (χ4n) is 3.90. The van der Waals surface area contributed by atoms with Crippen LogP contribution in [0.1, 0.15) is 123 Å². The molecule has 0 bridgehead atoms. The van der Waals surface area contributed by atoms with Crippen molar-refractivity contribution in [1.82, 2.24) is 9.55 Å². The Morgan fingerprint density at radius 3 is 1.83 bits per heavy atom. The van der Waals surface area contributed by atoms with Crippen molar-refractivity contribution in [2.75, 3.05) is 13.2 Å². The molecule has 1 heterocycles. The maximum absolute atomic E-state index is 11.7. The Hall–Kier alpha value is -1.36. The third-order valence-electron chi connectivity index (χ3n) is 5.88. The largest absolute Gasteiger partial charge is 0.381 e. The monoisotopic (exact) mass is 422 g/mol. The van der Waals surface area contributed by atoms with Crippen LogP contribution in [-0.2, 0) is 4.74 Å². The zero-order valence-corrected chi connectivity index (χ0v) is 19.6. The van der Waals surface area contributed by atoms with Gasteiger partial charge in [0.1, 0.15) is 0 Å². The molecule has 1 N–H and O–H groups in total. The van der Waals surface area contributed by atoms with E-state index in [4.69, 9.17) is 4.74 Å². The third-order valence-corrected chi connectivity index (χ3v) is 5.88. The molecule has 0 spiro atoms. The number of aromatic nitrogens is 2. The van der Waals surface area contributed by atoms with Crippen LogP contribution >= 0.6 is 0 Å². The van der Waals surface area contributed by atoms with E-state index in [2.05, 4.69) is 11.9 Å². The van der Waals surface area contributed by atoms with Gasteiger partial charge in [-0.15, -0.1) is 0 Å². The minimum absolute atomic E-state index is 0.0685. The molecule has 0 aromatic carbocycles. The van der Waals surface area contributed by atoms with E-state index in [1.165, 1.54) is 89.5 Å². The van der Waals surface area contributed by atoms with Gasteiger partial charge in [-0.05, 0) is 26.2 Å². The number of aromatic amines is 1. The quantitative estimate of drug-likeness (QED) is 0.248. The normalized spacial score (nSPS) is 12.3. The molecule has 0 saturated carbocycles. The highest BCUT2D eigenvalue weighted by atomic mass is 16.5. The first kappa shape index (κ1) is 26.7. The summed E-state index contributed by atoms with van der Waals surface area (Å²) in [6.45, 7) is 5.85. The number of unbranched alkanes of at least 4 members (excludes halogenated alkanes) is 13. The summed E-state index contributed by atoms with van der Waals surface area (Å²) in [5.41, 5.74) is -0.682. The van der Waals surface area contributed by atoms with Crippen molar-refractivity contribution >= 4 is 0 Å². The molecule has 1 aromatic rings. The number of hydrogen-bond acceptors (Lipinski definition) is 3. The Kier molecular flexibility index (Phi) is 16.4. The molecule has 0 aliphatic rings. The molecule has 1 atom stereocenters. The zero-order chi connectivity index (χ0) is 21.9. The van der Waals surface area contributed by atoms with E-state index < -0.39 is 0 Å². The van der Waals surface area contributed by atoms with Gasteiger partial charge < -0.3 is 4.74 Å². The van der Waals surface area contributed by atoms with Gasteiger partial charge in [0.05, 0.1) is 0 Å². The molecular formula is C25H46N2O3. The zero-order valence-electron chi connectivity index (χ0n) is 19.6. The lowest BCUT2D eigenvalue weighted by atomic mass is 10.0. The van der Waals surface area contributed by atoms with Crippen LogP contribution in [0.3, 0.4) is 0 Å². The van der Waals surface area contributed by atoms with Gasteiger partial charge >= 0.3 is 5.69 Å². The molecule has 0 fully saturated rings. The Labute approximate surface area is 183 Å². The number of rotatable bonds is 20. The van der Waals surface area contributed by atoms with Gasteiger partial charge in [-0.1, -0.05) is 90.4 Å². The average molecular weight is 423 g/mol. The van der Waals surface area contributed by atoms with E-state index in [0.717, 1.165) is 32.5 Å². The average Bonchev–Trinajstić information content (AvgIpc) is 2.72. The van der Waals surface area contributed by atoms with Crippen LogP contribution in [0, 0.1) is 0 Å². The molecule has 1 unspecified atom stereocenters. The summed E-state index contributed by atoms with van der Waals surface area (Å²) in [5.74, 6) is 0. The van der Waals surface area contributed by atoms with Gasteiger partial charge in [-0.2, -0.15) is 0 Å². The maximum Gasteiger partial charge on any atom is 0.328 e. The number of ether oxygens (including phenoxy) is 1. The van der Waals surface area contributed by atoms with Crippen LogP contribution in [-0.4, -0.2) is 22.8 Å². The second-order valence-corrected chi connectivity index (χ2v) is 8.72. The van der Waals surface area contributed by atoms with Crippen LogP contribution < -0.4 is 11.2 Å². The van der Waals surface area contributed by atoms with Gasteiger partial charge in [0.15, 0.2) is 0 Å². The van der Waals surface area contributed by atoms with E-state index in [1.807, 2.05) is 6.92 Å². The van der Waals surface area contributed by atoms with E-state index in [9.17, 15) is 9.59 Å². The molecule has 1 aromatic heterocycles. The van der Waals surface area contributed by atoms with Crippen molar-refractivity contribution in [3.8, 4) is 0 Å². The highest BCUT2D eigenvalue weighted by molar-refractivity contribution is 4.84. The molecule has 174 valence electrons. The summed E-state index contributed by atoms with van der Waals surface area (Å²) in [6.07, 6.45) is 22.6. The van der Waals surface area contributed by atoms with E-state index in [1.54, 1.807) is 10.8 Å². The summed E-state index contributed by atoms with van der Waals surface area (Å²) < 4.78 is 7.31. The lowest BCUT2D eigenvalue weighted by Gasteiger charge is -2.14. The second kappa shape index (κ2) is 18.4. The first-order valence-corrected chi connectivity index (χ1v) is 12.5. The Bertz CT molecular complexity index is 623. The van der Waals surface area contributed by atoms with Crippen molar-refractivity contribution in [3.63, 3.8) is 0 Å². The van der Waals surface area contributed by atoms with E-state index in [0.29, 0.717) is 0 Å². The molecule has 1 rings (SSSR count). The summed E-state index contributed by atoms with van der Waals surface area (Å²) in [7, 11) is 0. The fourth-order valence-corrected chi connectivity index (χ4v) is 3.90. The minimum atomic E-state index is -0.347. The third kappa shape index (κ3) is 13.8. The summed E-state index contributed by atoms with van der Waals surface area (Å²) in [4.78, 5) is 25.2. The first-order valence-electron chi connectivity index (χ1n) is 12.5. The number of hydrogen-bond donors (Lipinski definition) is 1. The molecule has 0 radical (unpaired) electrons. The molecule has 0 aliphatic carbocycles. The van der Waals surface area contributed by atoms with Crippen LogP contribution in [0.4, 0.5) is 0 Å². The Balaban J connectivity index is 1.82. The van der Waals surface area contributed by atoms with Crippen molar-refractivity contribution < 1.29 is 4.74 Å². The van der Waals surface area contributed by atoms with Gasteiger partial charge in [-0.3, -0.25) is 14.3 Å². The van der Waals surface area contributed by atoms with Crippen molar-refractivity contribution in [2.24, 2.45) is 0 Å². The highest BCUT2D eigenvalue weighted by Gasteiger charge is 2.06. The Morgan fingerprint density at radius 2 is 1.30 bits per heavy atom. The lowest BCUT2D eigenvalue weighted by Crippen LogP contribution is -2.30. The van der Waals surface area contributed by atoms with Gasteiger partial charge in [0.2, 0.25) is 0 Å². The van der Waals surface area contributed by atoms with Gasteiger partial charge in [0, 0.05) is 31.5 Å². The molecule has 5 nitrogen and oxygen atoms in total.